The Morgan fingerprint density at radius 1 is 0.656 bits per heavy atom. The average Bonchev–Trinajstić information content (AvgIpc) is 2.99. The first-order valence-electron chi connectivity index (χ1n) is 11.2. The van der Waals surface area contributed by atoms with Crippen LogP contribution in [-0.4, -0.2) is 13.0 Å². The predicted molar refractivity (Wildman–Crippen MR) is 133 cm³/mol. The minimum atomic E-state index is -0.596. The molecule has 0 unspecified atom stereocenters. The monoisotopic (exact) mass is 415 g/mol. The van der Waals surface area contributed by atoms with Crippen LogP contribution >= 0.6 is 0 Å². The maximum Gasteiger partial charge on any atom is 0.236 e. The van der Waals surface area contributed by atoms with Gasteiger partial charge < -0.3 is 4.90 Å². The Labute approximate surface area is 189 Å². The third kappa shape index (κ3) is 2.32. The summed E-state index contributed by atoms with van der Waals surface area (Å²) in [6.07, 6.45) is 0. The Bertz CT molecular complexity index is 1440. The van der Waals surface area contributed by atoms with Gasteiger partial charge in [0.1, 0.15) is 0 Å². The molecule has 0 N–H and O–H groups in total. The SMILES string of the molecule is Cc1cc2c(c3c1N(C)C(=O)C3(C)C)-c1ccccc1-c1ccccc1-c1ccccc1-2. The van der Waals surface area contributed by atoms with Crippen LogP contribution in [0.15, 0.2) is 78.9 Å². The summed E-state index contributed by atoms with van der Waals surface area (Å²) < 4.78 is 0. The van der Waals surface area contributed by atoms with E-state index in [9.17, 15) is 4.79 Å². The number of benzene rings is 4. The molecule has 0 fully saturated rings. The third-order valence-electron chi connectivity index (χ3n) is 7.21. The topological polar surface area (TPSA) is 20.3 Å². The predicted octanol–water partition coefficient (Wildman–Crippen LogP) is 7.23. The van der Waals surface area contributed by atoms with Crippen molar-refractivity contribution in [3.8, 4) is 44.5 Å². The highest BCUT2D eigenvalue weighted by Crippen LogP contribution is 2.55. The second kappa shape index (κ2) is 6.43. The quantitative estimate of drug-likeness (QED) is 0.261. The number of fused-ring (bicyclic) bond motifs is 10. The fraction of sp³-hybridized carbons (Fsp3) is 0.167. The van der Waals surface area contributed by atoms with E-state index in [1.54, 1.807) is 0 Å². The molecule has 0 saturated carbocycles. The third-order valence-corrected chi connectivity index (χ3v) is 7.21. The molecule has 4 aromatic carbocycles. The highest BCUT2D eigenvalue weighted by Gasteiger charge is 2.46. The van der Waals surface area contributed by atoms with Gasteiger partial charge in [0.25, 0.3) is 0 Å². The van der Waals surface area contributed by atoms with Crippen molar-refractivity contribution in [1.29, 1.82) is 0 Å². The highest BCUT2D eigenvalue weighted by molar-refractivity contribution is 6.14. The summed E-state index contributed by atoms with van der Waals surface area (Å²) in [5.41, 5.74) is 12.4. The fourth-order valence-electron chi connectivity index (χ4n) is 5.81. The first kappa shape index (κ1) is 19.1. The average molecular weight is 416 g/mol. The Morgan fingerprint density at radius 3 is 1.56 bits per heavy atom. The van der Waals surface area contributed by atoms with Crippen molar-refractivity contribution in [1.82, 2.24) is 0 Å². The van der Waals surface area contributed by atoms with Gasteiger partial charge in [-0.05, 0) is 82.5 Å². The molecule has 0 radical (unpaired) electrons. The van der Waals surface area contributed by atoms with E-state index in [0.717, 1.165) is 16.8 Å². The zero-order valence-corrected chi connectivity index (χ0v) is 18.9. The van der Waals surface area contributed by atoms with Crippen LogP contribution in [0, 0.1) is 6.92 Å². The molecule has 2 nitrogen and oxygen atoms in total. The lowest BCUT2D eigenvalue weighted by atomic mass is 9.73. The first-order chi connectivity index (χ1) is 15.4. The molecule has 4 aromatic rings. The lowest BCUT2D eigenvalue weighted by Crippen LogP contribution is -2.33. The Hall–Kier alpha value is -3.65. The molecule has 0 bridgehead atoms. The van der Waals surface area contributed by atoms with Gasteiger partial charge in [-0.15, -0.1) is 0 Å². The number of amides is 1. The van der Waals surface area contributed by atoms with Gasteiger partial charge in [-0.3, -0.25) is 4.79 Å². The lowest BCUT2D eigenvalue weighted by Gasteiger charge is -2.28. The molecule has 0 aromatic heterocycles. The van der Waals surface area contributed by atoms with Crippen molar-refractivity contribution >= 4 is 11.6 Å². The largest absolute Gasteiger partial charge is 0.314 e. The summed E-state index contributed by atoms with van der Waals surface area (Å²) >= 11 is 0. The van der Waals surface area contributed by atoms with Gasteiger partial charge in [0.05, 0.1) is 11.1 Å². The zero-order valence-electron chi connectivity index (χ0n) is 18.9. The molecule has 2 heteroatoms. The van der Waals surface area contributed by atoms with Crippen molar-refractivity contribution in [3.05, 3.63) is 90.0 Å². The van der Waals surface area contributed by atoms with Crippen LogP contribution in [0.3, 0.4) is 0 Å². The van der Waals surface area contributed by atoms with E-state index in [1.807, 2.05) is 11.9 Å². The van der Waals surface area contributed by atoms with Crippen LogP contribution in [0.2, 0.25) is 0 Å². The van der Waals surface area contributed by atoms with Gasteiger partial charge >= 0.3 is 0 Å². The number of carbonyl (C=O) groups excluding carboxylic acids is 1. The van der Waals surface area contributed by atoms with Crippen molar-refractivity contribution in [2.24, 2.45) is 0 Å². The molecule has 0 saturated heterocycles. The minimum absolute atomic E-state index is 0.150. The van der Waals surface area contributed by atoms with E-state index in [-0.39, 0.29) is 5.91 Å². The maximum atomic E-state index is 13.4. The van der Waals surface area contributed by atoms with Gasteiger partial charge in [-0.1, -0.05) is 72.8 Å². The van der Waals surface area contributed by atoms with Crippen molar-refractivity contribution < 1.29 is 4.79 Å². The maximum absolute atomic E-state index is 13.4. The van der Waals surface area contributed by atoms with E-state index in [0.29, 0.717) is 0 Å². The van der Waals surface area contributed by atoms with Gasteiger partial charge in [-0.25, -0.2) is 0 Å². The molecule has 1 heterocycles. The summed E-state index contributed by atoms with van der Waals surface area (Å²) in [6, 6.07) is 28.3. The summed E-state index contributed by atoms with van der Waals surface area (Å²) in [7, 11) is 1.91. The Kier molecular flexibility index (Phi) is 3.83. The number of nitrogens with zero attached hydrogens (tertiary/aromatic N) is 1. The molecule has 0 atom stereocenters. The van der Waals surface area contributed by atoms with Gasteiger partial charge in [0.15, 0.2) is 0 Å². The number of aryl methyl sites for hydroxylation is 1. The van der Waals surface area contributed by atoms with E-state index in [2.05, 4.69) is 99.6 Å². The van der Waals surface area contributed by atoms with Crippen LogP contribution in [0.1, 0.15) is 25.0 Å². The Balaban J connectivity index is 1.88. The second-order valence-electron chi connectivity index (χ2n) is 9.47. The molecule has 0 spiro atoms. The molecule has 2 aliphatic rings. The first-order valence-corrected chi connectivity index (χ1v) is 11.2. The van der Waals surface area contributed by atoms with Crippen LogP contribution in [-0.2, 0) is 10.2 Å². The lowest BCUT2D eigenvalue weighted by molar-refractivity contribution is -0.121. The zero-order chi connectivity index (χ0) is 22.2. The number of hydrogen-bond acceptors (Lipinski definition) is 1. The molecule has 32 heavy (non-hydrogen) atoms. The van der Waals surface area contributed by atoms with Crippen molar-refractivity contribution in [2.75, 3.05) is 11.9 Å². The summed E-state index contributed by atoms with van der Waals surface area (Å²) in [5.74, 6) is 0.150. The highest BCUT2D eigenvalue weighted by atomic mass is 16.2. The molecule has 6 rings (SSSR count). The second-order valence-corrected chi connectivity index (χ2v) is 9.47. The van der Waals surface area contributed by atoms with E-state index in [1.165, 1.54) is 44.5 Å². The number of carbonyl (C=O) groups is 1. The van der Waals surface area contributed by atoms with Gasteiger partial charge in [0, 0.05) is 7.05 Å². The van der Waals surface area contributed by atoms with Gasteiger partial charge in [-0.2, -0.15) is 0 Å². The summed E-state index contributed by atoms with van der Waals surface area (Å²) in [5, 5.41) is 0. The van der Waals surface area contributed by atoms with Gasteiger partial charge in [0.2, 0.25) is 5.91 Å². The molecule has 156 valence electrons. The van der Waals surface area contributed by atoms with E-state index >= 15 is 0 Å². The molecule has 1 aliphatic heterocycles. The minimum Gasteiger partial charge on any atom is -0.314 e. The van der Waals surface area contributed by atoms with Crippen LogP contribution in [0.25, 0.3) is 44.5 Å². The number of hydrogen-bond donors (Lipinski definition) is 0. The molecule has 1 amide bonds. The van der Waals surface area contributed by atoms with Crippen LogP contribution in [0.4, 0.5) is 5.69 Å². The van der Waals surface area contributed by atoms with Crippen molar-refractivity contribution in [2.45, 2.75) is 26.2 Å². The summed E-state index contributed by atoms with van der Waals surface area (Å²) in [6.45, 7) is 6.27. The number of anilines is 1. The molecular formula is C30H25NO. The van der Waals surface area contributed by atoms with Crippen LogP contribution < -0.4 is 4.90 Å². The Morgan fingerprint density at radius 2 is 1.06 bits per heavy atom. The number of rotatable bonds is 0. The summed E-state index contributed by atoms with van der Waals surface area (Å²) in [4.78, 5) is 15.2. The van der Waals surface area contributed by atoms with Crippen LogP contribution in [0.5, 0.6) is 0 Å². The molecule has 1 aliphatic carbocycles. The fourth-order valence-corrected chi connectivity index (χ4v) is 5.81. The smallest absolute Gasteiger partial charge is 0.236 e. The molecular weight excluding hydrogens is 390 g/mol. The van der Waals surface area contributed by atoms with E-state index < -0.39 is 5.41 Å². The van der Waals surface area contributed by atoms with E-state index in [4.69, 9.17) is 0 Å². The standard InChI is InChI=1S/C30H25NO/c1-18-17-25-23-15-8-7-13-21(23)19-11-5-6-12-20(19)22-14-9-10-16-24(22)26(25)27-28(18)31(4)29(32)30(27,2)3/h5-17H,1-4H3. The normalized spacial score (nSPS) is 15.1. The number of likely N-dealkylation sites (N-methyl/N-ethyl adjacent to an activating group) is 1. The van der Waals surface area contributed by atoms with Crippen molar-refractivity contribution in [3.63, 3.8) is 0 Å².